The third-order valence-corrected chi connectivity index (χ3v) is 4.88. The van der Waals surface area contributed by atoms with E-state index in [1.807, 2.05) is 24.3 Å². The van der Waals surface area contributed by atoms with Crippen molar-refractivity contribution >= 4 is 16.8 Å². The molecule has 26 heavy (non-hydrogen) atoms. The summed E-state index contributed by atoms with van der Waals surface area (Å²) in [6.07, 6.45) is 9.11. The number of amides is 1. The maximum Gasteiger partial charge on any atom is 0.270 e. The Hall–Kier alpha value is -2.80. The Kier molecular flexibility index (Phi) is 4.62. The molecule has 0 aliphatic heterocycles. The van der Waals surface area contributed by atoms with Crippen LogP contribution in [0, 0.1) is 0 Å². The number of aromatic nitrogens is 4. The number of ether oxygens (including phenoxy) is 1. The average molecular weight is 351 g/mol. The van der Waals surface area contributed by atoms with E-state index in [1.165, 1.54) is 0 Å². The molecule has 7 heteroatoms. The van der Waals surface area contributed by atoms with Gasteiger partial charge < -0.3 is 10.1 Å². The fourth-order valence-corrected chi connectivity index (χ4v) is 3.43. The Morgan fingerprint density at radius 3 is 2.73 bits per heavy atom. The summed E-state index contributed by atoms with van der Waals surface area (Å²) in [6.45, 7) is 0. The lowest BCUT2D eigenvalue weighted by Crippen LogP contribution is -2.39. The van der Waals surface area contributed by atoms with E-state index in [2.05, 4.69) is 20.3 Å². The molecule has 1 amide bonds. The minimum atomic E-state index is -0.161. The van der Waals surface area contributed by atoms with Crippen LogP contribution >= 0.6 is 0 Å². The second kappa shape index (κ2) is 7.21. The lowest BCUT2D eigenvalue weighted by Gasteiger charge is -2.28. The van der Waals surface area contributed by atoms with Gasteiger partial charge in [0.05, 0.1) is 11.6 Å². The SMILES string of the molecule is CO[C@H]1CC[C@H](NC(=O)c2nc(-n3ccnc3)nc3ccccc23)CC1. The lowest BCUT2D eigenvalue weighted by atomic mass is 9.93. The Morgan fingerprint density at radius 1 is 1.19 bits per heavy atom. The highest BCUT2D eigenvalue weighted by Crippen LogP contribution is 2.22. The number of para-hydroxylation sites is 1. The van der Waals surface area contributed by atoms with E-state index < -0.39 is 0 Å². The highest BCUT2D eigenvalue weighted by molar-refractivity contribution is 6.04. The van der Waals surface area contributed by atoms with E-state index in [4.69, 9.17) is 4.74 Å². The summed E-state index contributed by atoms with van der Waals surface area (Å²) >= 11 is 0. The van der Waals surface area contributed by atoms with E-state index in [9.17, 15) is 4.79 Å². The van der Waals surface area contributed by atoms with Gasteiger partial charge in [-0.05, 0) is 31.7 Å². The standard InChI is InChI=1S/C19H21N5O2/c1-26-14-8-6-13(7-9-14)21-18(25)17-15-4-2-3-5-16(15)22-19(23-17)24-11-10-20-12-24/h2-5,10-14H,6-9H2,1H3,(H,21,25)/t13-,14-. The number of rotatable bonds is 4. The van der Waals surface area contributed by atoms with Crippen LogP contribution in [0.25, 0.3) is 16.9 Å². The predicted octanol–water partition coefficient (Wildman–Crippen LogP) is 2.50. The number of carbonyl (C=O) groups is 1. The lowest BCUT2D eigenvalue weighted by molar-refractivity contribution is 0.0598. The summed E-state index contributed by atoms with van der Waals surface area (Å²) < 4.78 is 7.10. The number of nitrogens with one attached hydrogen (secondary N) is 1. The molecule has 0 bridgehead atoms. The molecule has 0 radical (unpaired) electrons. The van der Waals surface area contributed by atoms with Crippen LogP contribution in [-0.2, 0) is 4.74 Å². The number of imidazole rings is 1. The molecule has 1 aliphatic rings. The van der Waals surface area contributed by atoms with Crippen molar-refractivity contribution in [3.05, 3.63) is 48.7 Å². The summed E-state index contributed by atoms with van der Waals surface area (Å²) in [7, 11) is 1.74. The first kappa shape index (κ1) is 16.7. The molecule has 7 nitrogen and oxygen atoms in total. The topological polar surface area (TPSA) is 81.9 Å². The van der Waals surface area contributed by atoms with E-state index in [0.717, 1.165) is 36.6 Å². The number of carbonyl (C=O) groups excluding carboxylic acids is 1. The first-order chi connectivity index (χ1) is 12.7. The predicted molar refractivity (Wildman–Crippen MR) is 97.2 cm³/mol. The Morgan fingerprint density at radius 2 is 2.00 bits per heavy atom. The van der Waals surface area contributed by atoms with Crippen molar-refractivity contribution < 1.29 is 9.53 Å². The molecule has 4 rings (SSSR count). The molecule has 0 atom stereocenters. The van der Waals surface area contributed by atoms with E-state index in [-0.39, 0.29) is 11.9 Å². The Labute approximate surface area is 151 Å². The van der Waals surface area contributed by atoms with Crippen LogP contribution in [-0.4, -0.2) is 44.7 Å². The van der Waals surface area contributed by atoms with Crippen molar-refractivity contribution in [2.45, 2.75) is 37.8 Å². The van der Waals surface area contributed by atoms with Crippen LogP contribution in [0.3, 0.4) is 0 Å². The third kappa shape index (κ3) is 3.30. The Balaban J connectivity index is 1.63. The molecule has 1 fully saturated rings. The van der Waals surface area contributed by atoms with Crippen LogP contribution in [0.4, 0.5) is 0 Å². The normalized spacial score (nSPS) is 20.2. The van der Waals surface area contributed by atoms with Crippen molar-refractivity contribution in [3.63, 3.8) is 0 Å². The maximum absolute atomic E-state index is 12.9. The van der Waals surface area contributed by atoms with Gasteiger partial charge in [-0.15, -0.1) is 0 Å². The molecule has 0 unspecified atom stereocenters. The maximum atomic E-state index is 12.9. The molecule has 2 aromatic heterocycles. The van der Waals surface area contributed by atoms with Gasteiger partial charge in [0.25, 0.3) is 5.91 Å². The van der Waals surface area contributed by atoms with Crippen molar-refractivity contribution in [2.24, 2.45) is 0 Å². The van der Waals surface area contributed by atoms with Crippen LogP contribution in [0.1, 0.15) is 36.2 Å². The van der Waals surface area contributed by atoms with Gasteiger partial charge in [0.1, 0.15) is 12.0 Å². The second-order valence-corrected chi connectivity index (χ2v) is 6.54. The summed E-state index contributed by atoms with van der Waals surface area (Å²) in [5, 5.41) is 3.88. The highest BCUT2D eigenvalue weighted by Gasteiger charge is 2.24. The molecule has 1 aliphatic carbocycles. The van der Waals surface area contributed by atoms with Gasteiger partial charge in [0, 0.05) is 30.9 Å². The minimum Gasteiger partial charge on any atom is -0.381 e. The van der Waals surface area contributed by atoms with E-state index in [0.29, 0.717) is 17.7 Å². The van der Waals surface area contributed by atoms with Gasteiger partial charge in [0.15, 0.2) is 0 Å². The fraction of sp³-hybridized carbons (Fsp3) is 0.368. The van der Waals surface area contributed by atoms with E-state index >= 15 is 0 Å². The minimum absolute atomic E-state index is 0.152. The summed E-state index contributed by atoms with van der Waals surface area (Å²) in [5.41, 5.74) is 1.13. The number of nitrogens with zero attached hydrogens (tertiary/aromatic N) is 4. The van der Waals surface area contributed by atoms with Gasteiger partial charge in [-0.2, -0.15) is 0 Å². The van der Waals surface area contributed by atoms with Crippen LogP contribution in [0.5, 0.6) is 0 Å². The summed E-state index contributed by atoms with van der Waals surface area (Å²) in [4.78, 5) is 26.0. The molecule has 0 spiro atoms. The largest absolute Gasteiger partial charge is 0.381 e. The van der Waals surface area contributed by atoms with Crippen molar-refractivity contribution in [1.29, 1.82) is 0 Å². The number of fused-ring (bicyclic) bond motifs is 1. The highest BCUT2D eigenvalue weighted by atomic mass is 16.5. The summed E-state index contributed by atoms with van der Waals surface area (Å²) in [5.74, 6) is 0.278. The van der Waals surface area contributed by atoms with Crippen molar-refractivity contribution in [3.8, 4) is 5.95 Å². The zero-order valence-electron chi connectivity index (χ0n) is 14.6. The zero-order chi connectivity index (χ0) is 17.9. The molecular formula is C19H21N5O2. The van der Waals surface area contributed by atoms with E-state index in [1.54, 1.807) is 30.4 Å². The first-order valence-electron chi connectivity index (χ1n) is 8.83. The monoisotopic (exact) mass is 351 g/mol. The zero-order valence-corrected chi connectivity index (χ0v) is 14.6. The number of benzene rings is 1. The molecule has 1 aromatic carbocycles. The van der Waals surface area contributed by atoms with Gasteiger partial charge >= 0.3 is 0 Å². The third-order valence-electron chi connectivity index (χ3n) is 4.88. The number of hydrogen-bond acceptors (Lipinski definition) is 5. The molecule has 134 valence electrons. The Bertz CT molecular complexity index is 901. The second-order valence-electron chi connectivity index (χ2n) is 6.54. The summed E-state index contributed by atoms with van der Waals surface area (Å²) in [6, 6.07) is 7.71. The van der Waals surface area contributed by atoms with Crippen LogP contribution < -0.4 is 5.32 Å². The fourth-order valence-electron chi connectivity index (χ4n) is 3.43. The van der Waals surface area contributed by atoms with Crippen molar-refractivity contribution in [1.82, 2.24) is 24.8 Å². The van der Waals surface area contributed by atoms with Crippen molar-refractivity contribution in [2.75, 3.05) is 7.11 Å². The number of hydrogen-bond donors (Lipinski definition) is 1. The van der Waals surface area contributed by atoms with Crippen LogP contribution in [0.15, 0.2) is 43.0 Å². The average Bonchev–Trinajstić information content (AvgIpc) is 3.22. The van der Waals surface area contributed by atoms with Gasteiger partial charge in [-0.1, -0.05) is 18.2 Å². The molecule has 1 saturated carbocycles. The van der Waals surface area contributed by atoms with Gasteiger partial charge in [-0.25, -0.2) is 15.0 Å². The van der Waals surface area contributed by atoms with Crippen LogP contribution in [0.2, 0.25) is 0 Å². The molecule has 0 saturated heterocycles. The first-order valence-corrected chi connectivity index (χ1v) is 8.83. The quantitative estimate of drug-likeness (QED) is 0.781. The molecule has 1 N–H and O–H groups in total. The smallest absolute Gasteiger partial charge is 0.270 e. The molecule has 2 heterocycles. The molecular weight excluding hydrogens is 330 g/mol. The van der Waals surface area contributed by atoms with Gasteiger partial charge in [0.2, 0.25) is 5.95 Å². The number of methoxy groups -OCH3 is 1. The molecule has 3 aromatic rings. The van der Waals surface area contributed by atoms with Gasteiger partial charge in [-0.3, -0.25) is 9.36 Å².